The van der Waals surface area contributed by atoms with E-state index in [9.17, 15) is 19.8 Å². The van der Waals surface area contributed by atoms with Gasteiger partial charge in [-0.2, -0.15) is 0 Å². The molecule has 5 rings (SSSR count). The van der Waals surface area contributed by atoms with Crippen molar-refractivity contribution in [1.29, 1.82) is 0 Å². The number of hydrogen-bond acceptors (Lipinski definition) is 2. The van der Waals surface area contributed by atoms with Gasteiger partial charge in [-0.25, -0.2) is 9.59 Å². The summed E-state index contributed by atoms with van der Waals surface area (Å²) in [7, 11) is 0. The summed E-state index contributed by atoms with van der Waals surface area (Å²) < 4.78 is 0. The Balaban J connectivity index is 0.00000180. The summed E-state index contributed by atoms with van der Waals surface area (Å²) in [4.78, 5) is 23.3. The van der Waals surface area contributed by atoms with Crippen LogP contribution in [-0.2, 0) is 0 Å². The van der Waals surface area contributed by atoms with Crippen LogP contribution in [0.1, 0.15) is 20.7 Å². The van der Waals surface area contributed by atoms with E-state index in [0.29, 0.717) is 10.8 Å². The molecule has 0 aliphatic rings. The van der Waals surface area contributed by atoms with Gasteiger partial charge in [0, 0.05) is 0 Å². The van der Waals surface area contributed by atoms with Crippen molar-refractivity contribution in [3.05, 3.63) is 71.8 Å². The molecule has 0 fully saturated rings. The summed E-state index contributed by atoms with van der Waals surface area (Å²) in [6.07, 6.45) is 0. The maximum atomic E-state index is 11.6. The maximum absolute atomic E-state index is 11.6. The van der Waals surface area contributed by atoms with E-state index in [2.05, 4.69) is 0 Å². The molecule has 0 saturated heterocycles. The van der Waals surface area contributed by atoms with Crippen LogP contribution in [0, 0.1) is 0 Å². The van der Waals surface area contributed by atoms with Gasteiger partial charge >= 0.3 is 63.3 Å². The van der Waals surface area contributed by atoms with Gasteiger partial charge in [0.2, 0.25) is 0 Å². The van der Waals surface area contributed by atoms with Crippen LogP contribution in [0.5, 0.6) is 0 Å². The summed E-state index contributed by atoms with van der Waals surface area (Å²) in [5.74, 6) is -1.92. The van der Waals surface area contributed by atoms with E-state index in [4.69, 9.17) is 0 Å². The van der Waals surface area contributed by atoms with Gasteiger partial charge in [0.05, 0.1) is 11.1 Å². The minimum atomic E-state index is -0.959. The van der Waals surface area contributed by atoms with Gasteiger partial charge in [-0.1, -0.05) is 48.5 Å². The molecular weight excluding hydrogens is 367 g/mol. The standard InChI is InChI=1S/C22H12O4.K.H/c23-21(24)17-9-8-16-12-4-2-6-14-18(22(25)26)10-7-15(20(12)14)11-3-1-5-13(17)19(11)16;;/h1-10H,(H,23,24)(H,25,26);;. The van der Waals surface area contributed by atoms with Crippen molar-refractivity contribution in [2.45, 2.75) is 0 Å². The van der Waals surface area contributed by atoms with Crippen molar-refractivity contribution in [3.8, 4) is 0 Å². The molecule has 0 bridgehead atoms. The molecule has 0 spiro atoms. The second kappa shape index (κ2) is 6.54. The molecule has 0 aromatic heterocycles. The van der Waals surface area contributed by atoms with Crippen molar-refractivity contribution < 1.29 is 19.8 Å². The van der Waals surface area contributed by atoms with Crippen molar-refractivity contribution in [3.63, 3.8) is 0 Å². The Morgan fingerprint density at radius 2 is 0.852 bits per heavy atom. The molecule has 0 unspecified atom stereocenters. The first kappa shape index (κ1) is 18.3. The first-order valence-corrected chi connectivity index (χ1v) is 8.16. The number of aromatic carboxylic acids is 2. The number of fused-ring (bicyclic) bond motifs is 2. The topological polar surface area (TPSA) is 74.6 Å². The molecule has 0 atom stereocenters. The van der Waals surface area contributed by atoms with Crippen LogP contribution in [0.25, 0.3) is 43.1 Å². The van der Waals surface area contributed by atoms with Crippen molar-refractivity contribution in [1.82, 2.24) is 0 Å². The van der Waals surface area contributed by atoms with Crippen molar-refractivity contribution >= 4 is 106 Å². The van der Waals surface area contributed by atoms with Gasteiger partial charge < -0.3 is 10.2 Å². The van der Waals surface area contributed by atoms with E-state index in [1.54, 1.807) is 12.1 Å². The predicted molar refractivity (Wildman–Crippen MR) is 109 cm³/mol. The van der Waals surface area contributed by atoms with Gasteiger partial charge in [-0.15, -0.1) is 0 Å². The molecule has 5 aromatic rings. The fourth-order valence-corrected chi connectivity index (χ4v) is 4.08. The third-order valence-corrected chi connectivity index (χ3v) is 5.12. The van der Waals surface area contributed by atoms with E-state index in [1.807, 2.05) is 48.5 Å². The van der Waals surface area contributed by atoms with Crippen molar-refractivity contribution in [2.75, 3.05) is 0 Å². The van der Waals surface area contributed by atoms with Gasteiger partial charge in [0.15, 0.2) is 0 Å². The van der Waals surface area contributed by atoms with Crippen LogP contribution >= 0.6 is 0 Å². The number of carbonyl (C=O) groups is 2. The molecule has 5 heteroatoms. The average Bonchev–Trinajstić information content (AvgIpc) is 2.64. The Morgan fingerprint density at radius 3 is 1.22 bits per heavy atom. The average molecular weight is 380 g/mol. The first-order chi connectivity index (χ1) is 12.6. The monoisotopic (exact) mass is 380 g/mol. The van der Waals surface area contributed by atoms with E-state index in [1.165, 1.54) is 0 Å². The van der Waals surface area contributed by atoms with Crippen LogP contribution in [0.2, 0.25) is 0 Å². The normalized spacial score (nSPS) is 11.3. The molecule has 0 amide bonds. The fourth-order valence-electron chi connectivity index (χ4n) is 4.08. The molecule has 0 aliphatic heterocycles. The molecule has 0 heterocycles. The van der Waals surface area contributed by atoms with Crippen LogP contribution in [-0.4, -0.2) is 73.5 Å². The quantitative estimate of drug-likeness (QED) is 0.269. The third-order valence-electron chi connectivity index (χ3n) is 5.12. The Morgan fingerprint density at radius 1 is 0.519 bits per heavy atom. The van der Waals surface area contributed by atoms with E-state index in [0.717, 1.165) is 32.3 Å². The number of carboxylic acid groups (broad SMARTS) is 2. The number of benzene rings is 5. The molecule has 5 aromatic carbocycles. The molecule has 0 aliphatic carbocycles. The SMILES string of the molecule is O=C(O)c1ccc2c3cccc4c(C(=O)O)ccc(c5cccc1c52)c43.[KH]. The zero-order valence-corrected chi connectivity index (χ0v) is 13.5. The first-order valence-electron chi connectivity index (χ1n) is 8.16. The van der Waals surface area contributed by atoms with Crippen molar-refractivity contribution in [2.24, 2.45) is 0 Å². The Hall–Kier alpha value is -2.02. The van der Waals surface area contributed by atoms with Gasteiger partial charge in [0.25, 0.3) is 0 Å². The Kier molecular flexibility index (Phi) is 4.45. The Labute approximate surface area is 196 Å². The zero-order valence-electron chi connectivity index (χ0n) is 13.5. The second-order valence-corrected chi connectivity index (χ2v) is 6.39. The van der Waals surface area contributed by atoms with Gasteiger partial charge in [-0.3, -0.25) is 0 Å². The number of hydrogen-bond donors (Lipinski definition) is 2. The van der Waals surface area contributed by atoms with E-state index in [-0.39, 0.29) is 62.5 Å². The van der Waals surface area contributed by atoms with Gasteiger partial charge in [-0.05, 0) is 55.2 Å². The molecule has 27 heavy (non-hydrogen) atoms. The summed E-state index contributed by atoms with van der Waals surface area (Å²) in [5.41, 5.74) is 0.534. The number of rotatable bonds is 2. The van der Waals surface area contributed by atoms with Crippen LogP contribution < -0.4 is 0 Å². The summed E-state index contributed by atoms with van der Waals surface area (Å²) in [5, 5.41) is 26.0. The minimum absolute atomic E-state index is 0. The summed E-state index contributed by atoms with van der Waals surface area (Å²) in [6.45, 7) is 0. The summed E-state index contributed by atoms with van der Waals surface area (Å²) >= 11 is 0. The van der Waals surface area contributed by atoms with E-state index < -0.39 is 11.9 Å². The molecule has 0 radical (unpaired) electrons. The molecule has 2 N–H and O–H groups in total. The molecule has 0 saturated carbocycles. The van der Waals surface area contributed by atoms with Crippen LogP contribution in [0.15, 0.2) is 60.7 Å². The number of carboxylic acids is 2. The zero-order chi connectivity index (χ0) is 18.0. The van der Waals surface area contributed by atoms with Crippen LogP contribution in [0.3, 0.4) is 0 Å². The third kappa shape index (κ3) is 2.51. The summed E-state index contributed by atoms with van der Waals surface area (Å²) in [6, 6.07) is 18.1. The van der Waals surface area contributed by atoms with Gasteiger partial charge in [0.1, 0.15) is 0 Å². The predicted octanol–water partition coefficient (Wildman–Crippen LogP) is 4.49. The van der Waals surface area contributed by atoms with Crippen LogP contribution in [0.4, 0.5) is 0 Å². The molecule has 126 valence electrons. The molecule has 4 nitrogen and oxygen atoms in total. The fraction of sp³-hybridized carbons (Fsp3) is 0. The Bertz CT molecular complexity index is 1260. The second-order valence-electron chi connectivity index (χ2n) is 6.39. The van der Waals surface area contributed by atoms with E-state index >= 15 is 0 Å². The molecular formula is C22H13KO4.